The monoisotopic (exact) mass is 360 g/mol. The van der Waals surface area contributed by atoms with Crippen LogP contribution in [0.3, 0.4) is 0 Å². The molecule has 0 unspecified atom stereocenters. The predicted octanol–water partition coefficient (Wildman–Crippen LogP) is 3.13. The van der Waals surface area contributed by atoms with Crippen molar-refractivity contribution < 1.29 is 14.0 Å². The number of benzene rings is 1. The molecule has 2 N–H and O–H groups in total. The van der Waals surface area contributed by atoms with Crippen molar-refractivity contribution in [3.8, 4) is 0 Å². The van der Waals surface area contributed by atoms with Crippen molar-refractivity contribution in [1.29, 1.82) is 0 Å². The van der Waals surface area contributed by atoms with Gasteiger partial charge in [0.2, 0.25) is 0 Å². The lowest BCUT2D eigenvalue weighted by Gasteiger charge is -2.28. The summed E-state index contributed by atoms with van der Waals surface area (Å²) in [5.41, 5.74) is 0.703. The highest BCUT2D eigenvalue weighted by atomic mass is 32.1. The summed E-state index contributed by atoms with van der Waals surface area (Å²) < 4.78 is 12.9. The third-order valence-corrected chi connectivity index (χ3v) is 5.88. The van der Waals surface area contributed by atoms with Gasteiger partial charge in [-0.25, -0.2) is 4.39 Å². The van der Waals surface area contributed by atoms with Crippen molar-refractivity contribution in [2.45, 2.75) is 37.6 Å². The molecular formula is C19H21FN2O2S. The zero-order chi connectivity index (χ0) is 17.7. The van der Waals surface area contributed by atoms with E-state index in [0.29, 0.717) is 6.54 Å². The Morgan fingerprint density at radius 2 is 1.72 bits per heavy atom. The number of hydrogen-bond donors (Lipinski definition) is 2. The number of rotatable bonds is 5. The van der Waals surface area contributed by atoms with Gasteiger partial charge in [-0.3, -0.25) is 9.59 Å². The summed E-state index contributed by atoms with van der Waals surface area (Å²) in [5.74, 6) is -1.61. The van der Waals surface area contributed by atoms with Gasteiger partial charge in [-0.15, -0.1) is 11.3 Å². The molecule has 0 radical (unpaired) electrons. The van der Waals surface area contributed by atoms with Crippen LogP contribution in [0, 0.1) is 5.82 Å². The second-order valence-electron chi connectivity index (χ2n) is 6.46. The minimum Gasteiger partial charge on any atom is -0.347 e. The third kappa shape index (κ3) is 4.25. The van der Waals surface area contributed by atoms with Crippen molar-refractivity contribution in [2.24, 2.45) is 0 Å². The lowest BCUT2D eigenvalue weighted by atomic mass is 9.84. The molecule has 1 aromatic heterocycles. The molecule has 1 heterocycles. The van der Waals surface area contributed by atoms with Crippen molar-refractivity contribution in [3.63, 3.8) is 0 Å². The Hall–Kier alpha value is -2.21. The van der Waals surface area contributed by atoms with Crippen LogP contribution in [0.2, 0.25) is 0 Å². The summed E-state index contributed by atoms with van der Waals surface area (Å²) in [6.07, 6.45) is 4.35. The van der Waals surface area contributed by atoms with Crippen molar-refractivity contribution in [3.05, 3.63) is 58.0 Å². The van der Waals surface area contributed by atoms with Crippen LogP contribution in [-0.2, 0) is 21.5 Å². The Labute approximate surface area is 150 Å². The molecule has 2 aromatic rings. The van der Waals surface area contributed by atoms with E-state index in [2.05, 4.69) is 16.7 Å². The number of nitrogens with one attached hydrogen (secondary N) is 2. The van der Waals surface area contributed by atoms with Crippen LogP contribution >= 0.6 is 11.3 Å². The van der Waals surface area contributed by atoms with Crippen LogP contribution in [0.4, 0.5) is 4.39 Å². The van der Waals surface area contributed by atoms with Gasteiger partial charge in [-0.05, 0) is 42.0 Å². The van der Waals surface area contributed by atoms with Crippen LogP contribution in [0.15, 0.2) is 41.8 Å². The number of carbonyl (C=O) groups is 2. The highest BCUT2D eigenvalue weighted by Crippen LogP contribution is 2.42. The number of thiophene rings is 1. The molecule has 1 fully saturated rings. The Balaban J connectivity index is 1.52. The molecule has 3 rings (SSSR count). The fraction of sp³-hybridized carbons (Fsp3) is 0.368. The van der Waals surface area contributed by atoms with Crippen LogP contribution in [-0.4, -0.2) is 18.4 Å². The first kappa shape index (κ1) is 17.6. The van der Waals surface area contributed by atoms with Crippen molar-refractivity contribution >= 4 is 23.2 Å². The first-order chi connectivity index (χ1) is 12.1. The summed E-state index contributed by atoms with van der Waals surface area (Å²) >= 11 is 1.71. The van der Waals surface area contributed by atoms with Gasteiger partial charge in [-0.2, -0.15) is 0 Å². The second-order valence-corrected chi connectivity index (χ2v) is 7.40. The summed E-state index contributed by atoms with van der Waals surface area (Å²) in [6.45, 7) is 0.679. The lowest BCUT2D eigenvalue weighted by molar-refractivity contribution is -0.139. The number of halogens is 1. The molecule has 1 aromatic carbocycles. The third-order valence-electron chi connectivity index (χ3n) is 4.76. The second kappa shape index (κ2) is 7.78. The molecule has 0 saturated heterocycles. The van der Waals surface area contributed by atoms with Crippen LogP contribution in [0.25, 0.3) is 0 Å². The quantitative estimate of drug-likeness (QED) is 0.805. The topological polar surface area (TPSA) is 58.2 Å². The summed E-state index contributed by atoms with van der Waals surface area (Å²) in [6, 6.07) is 9.95. The van der Waals surface area contributed by atoms with Crippen LogP contribution in [0.1, 0.15) is 36.1 Å². The molecule has 1 aliphatic carbocycles. The number of amides is 2. The molecule has 132 valence electrons. The SMILES string of the molecule is O=C(NCc1ccc(F)cc1)C(=O)NCC1(c2cccs2)CCCC1. The van der Waals surface area contributed by atoms with E-state index in [1.165, 1.54) is 17.0 Å². The van der Waals surface area contributed by atoms with E-state index < -0.39 is 11.8 Å². The van der Waals surface area contributed by atoms with E-state index in [1.807, 2.05) is 11.4 Å². The van der Waals surface area contributed by atoms with Gasteiger partial charge in [-0.1, -0.05) is 31.0 Å². The minimum atomic E-state index is -0.663. The maximum Gasteiger partial charge on any atom is 0.309 e. The molecule has 2 amide bonds. The number of carbonyl (C=O) groups excluding carboxylic acids is 2. The van der Waals surface area contributed by atoms with E-state index in [1.54, 1.807) is 23.5 Å². The van der Waals surface area contributed by atoms with E-state index in [9.17, 15) is 14.0 Å². The maximum absolute atomic E-state index is 12.9. The molecule has 1 saturated carbocycles. The highest BCUT2D eigenvalue weighted by Gasteiger charge is 2.37. The molecule has 1 aliphatic rings. The Bertz CT molecular complexity index is 722. The average molecular weight is 360 g/mol. The Morgan fingerprint density at radius 3 is 2.36 bits per heavy atom. The Morgan fingerprint density at radius 1 is 1.04 bits per heavy atom. The molecule has 6 heteroatoms. The normalized spacial score (nSPS) is 15.7. The van der Waals surface area contributed by atoms with Gasteiger partial charge in [0.15, 0.2) is 0 Å². The summed E-state index contributed by atoms with van der Waals surface area (Å²) in [7, 11) is 0. The van der Waals surface area contributed by atoms with Gasteiger partial charge in [0.05, 0.1) is 0 Å². The highest BCUT2D eigenvalue weighted by molar-refractivity contribution is 7.10. The van der Waals surface area contributed by atoms with E-state index in [-0.39, 0.29) is 17.8 Å². The van der Waals surface area contributed by atoms with Gasteiger partial charge < -0.3 is 10.6 Å². The molecule has 0 spiro atoms. The van der Waals surface area contributed by atoms with Gasteiger partial charge >= 0.3 is 11.8 Å². The van der Waals surface area contributed by atoms with Gasteiger partial charge in [0, 0.05) is 23.4 Å². The van der Waals surface area contributed by atoms with E-state index in [0.717, 1.165) is 31.2 Å². The fourth-order valence-electron chi connectivity index (χ4n) is 3.34. The summed E-state index contributed by atoms with van der Waals surface area (Å²) in [4.78, 5) is 25.4. The zero-order valence-corrected chi connectivity index (χ0v) is 14.7. The largest absolute Gasteiger partial charge is 0.347 e. The minimum absolute atomic E-state index is 0.0406. The maximum atomic E-state index is 12.9. The molecule has 0 aliphatic heterocycles. The average Bonchev–Trinajstić information content (AvgIpc) is 3.31. The predicted molar refractivity (Wildman–Crippen MR) is 95.7 cm³/mol. The molecule has 0 bridgehead atoms. The van der Waals surface area contributed by atoms with Gasteiger partial charge in [0.25, 0.3) is 0 Å². The van der Waals surface area contributed by atoms with Gasteiger partial charge in [0.1, 0.15) is 5.82 Å². The molecule has 4 nitrogen and oxygen atoms in total. The van der Waals surface area contributed by atoms with Crippen molar-refractivity contribution in [2.75, 3.05) is 6.54 Å². The standard InChI is InChI=1S/C19H21FN2O2S/c20-15-7-5-14(6-8-15)12-21-17(23)18(24)22-13-19(9-1-2-10-19)16-4-3-11-25-16/h3-8,11H,1-2,9-10,12-13H2,(H,21,23)(H,22,24). The molecule has 0 atom stereocenters. The van der Waals surface area contributed by atoms with Crippen LogP contribution < -0.4 is 10.6 Å². The fourth-order valence-corrected chi connectivity index (χ4v) is 4.32. The lowest BCUT2D eigenvalue weighted by Crippen LogP contribution is -2.45. The molecular weight excluding hydrogens is 339 g/mol. The van der Waals surface area contributed by atoms with E-state index in [4.69, 9.17) is 0 Å². The smallest absolute Gasteiger partial charge is 0.309 e. The summed E-state index contributed by atoms with van der Waals surface area (Å²) in [5, 5.41) is 7.41. The van der Waals surface area contributed by atoms with E-state index >= 15 is 0 Å². The van der Waals surface area contributed by atoms with Crippen LogP contribution in [0.5, 0.6) is 0 Å². The number of hydrogen-bond acceptors (Lipinski definition) is 3. The Kier molecular flexibility index (Phi) is 5.48. The first-order valence-electron chi connectivity index (χ1n) is 8.44. The zero-order valence-electron chi connectivity index (χ0n) is 13.9. The first-order valence-corrected chi connectivity index (χ1v) is 9.31. The molecule has 25 heavy (non-hydrogen) atoms. The van der Waals surface area contributed by atoms with Crippen molar-refractivity contribution in [1.82, 2.24) is 10.6 Å².